The summed E-state index contributed by atoms with van der Waals surface area (Å²) in [5.74, 6) is -1.30. The van der Waals surface area contributed by atoms with Crippen molar-refractivity contribution >= 4 is 46.4 Å². The Hall–Kier alpha value is -1.85. The lowest BCUT2D eigenvalue weighted by atomic mass is 10.2. The zero-order valence-corrected chi connectivity index (χ0v) is 17.9. The van der Waals surface area contributed by atoms with Gasteiger partial charge >= 0.3 is 23.5 Å². The maximum atomic E-state index is 12.4. The minimum Gasteiger partial charge on any atom is -0.382 e. The molecule has 5 atom stereocenters. The predicted octanol–water partition coefficient (Wildman–Crippen LogP) is -2.13. The van der Waals surface area contributed by atoms with Gasteiger partial charge in [-0.1, -0.05) is 0 Å². The van der Waals surface area contributed by atoms with Gasteiger partial charge in [-0.15, -0.1) is 0 Å². The molecule has 1 aliphatic rings. The second kappa shape index (κ2) is 8.49. The lowest BCUT2D eigenvalue weighted by Gasteiger charge is -2.18. The van der Waals surface area contributed by atoms with Crippen molar-refractivity contribution in [2.24, 2.45) is 0 Å². The van der Waals surface area contributed by atoms with Crippen LogP contribution >= 0.6 is 23.5 Å². The third kappa shape index (κ3) is 5.55. The number of hydrogen-bond acceptors (Lipinski definition) is 13. The molecule has 2 aromatic heterocycles. The van der Waals surface area contributed by atoms with Crippen molar-refractivity contribution in [1.82, 2.24) is 19.5 Å². The van der Waals surface area contributed by atoms with Crippen LogP contribution in [0, 0.1) is 0 Å². The Morgan fingerprint density at radius 1 is 1.16 bits per heavy atom. The number of nitrogens with one attached hydrogen (secondary N) is 1. The smallest absolute Gasteiger partial charge is 0.382 e. The third-order valence-corrected chi connectivity index (χ3v) is 7.51. The van der Waals surface area contributed by atoms with Gasteiger partial charge in [0, 0.05) is 0 Å². The van der Waals surface area contributed by atoms with E-state index in [0.29, 0.717) is 0 Å². The number of nitrogens with two attached hydrogens (primary N) is 1. The molecule has 3 rings (SSSR count). The maximum Gasteiger partial charge on any atom is 0.490 e. The number of aliphatic hydroxyl groups is 1. The van der Waals surface area contributed by atoms with E-state index in [4.69, 9.17) is 25.2 Å². The zero-order chi connectivity index (χ0) is 24.1. The van der Waals surface area contributed by atoms with E-state index >= 15 is 0 Å². The fourth-order valence-corrected chi connectivity index (χ4v) is 5.58. The number of fused-ring (bicyclic) bond motifs is 1. The highest BCUT2D eigenvalue weighted by atomic mass is 31.3. The number of imidazole rings is 1. The Labute approximate surface area is 175 Å². The van der Waals surface area contributed by atoms with Gasteiger partial charge in [0.2, 0.25) is 11.7 Å². The largest absolute Gasteiger partial charge is 0.490 e. The van der Waals surface area contributed by atoms with Crippen LogP contribution < -0.4 is 11.3 Å². The number of phosphoric ester groups is 1. The summed E-state index contributed by atoms with van der Waals surface area (Å²) in [5, 5.41) is 10.0. The molecule has 178 valence electrons. The van der Waals surface area contributed by atoms with Crippen molar-refractivity contribution < 1.29 is 61.1 Å². The number of phosphoric acid groups is 3. The van der Waals surface area contributed by atoms with Crippen molar-refractivity contribution in [3.8, 4) is 0 Å². The average molecular weight is 521 g/mol. The first-order chi connectivity index (χ1) is 14.6. The molecule has 3 heterocycles. The highest BCUT2D eigenvalue weighted by Crippen LogP contribution is 2.66. The van der Waals surface area contributed by atoms with E-state index in [9.17, 15) is 33.3 Å². The second-order valence-corrected chi connectivity index (χ2v) is 10.5. The first-order valence-corrected chi connectivity index (χ1v) is 12.5. The number of aromatic nitrogens is 4. The number of carbonyl (C=O) groups is 1. The van der Waals surface area contributed by atoms with Gasteiger partial charge in [0.05, 0.1) is 12.9 Å². The van der Waals surface area contributed by atoms with Crippen molar-refractivity contribution in [2.75, 3.05) is 12.3 Å². The van der Waals surface area contributed by atoms with Gasteiger partial charge < -0.3 is 35.2 Å². The minimum atomic E-state index is -5.75. The molecule has 1 saturated heterocycles. The molecule has 0 radical (unpaired) electrons. The Kier molecular flexibility index (Phi) is 6.58. The predicted molar refractivity (Wildman–Crippen MR) is 97.3 cm³/mol. The summed E-state index contributed by atoms with van der Waals surface area (Å²) in [6.45, 7) is -1.07. The van der Waals surface area contributed by atoms with Crippen molar-refractivity contribution in [2.45, 2.75) is 18.4 Å². The number of rotatable bonds is 8. The summed E-state index contributed by atoms with van der Waals surface area (Å²) in [5.41, 5.74) is 4.34. The van der Waals surface area contributed by atoms with Gasteiger partial charge in [0.1, 0.15) is 12.2 Å². The highest BCUT2D eigenvalue weighted by molar-refractivity contribution is 7.66. The second-order valence-electron chi connectivity index (χ2n) is 6.04. The van der Waals surface area contributed by atoms with Crippen molar-refractivity contribution in [3.05, 3.63) is 16.7 Å². The van der Waals surface area contributed by atoms with Crippen LogP contribution in [0.4, 0.5) is 5.95 Å². The first-order valence-electron chi connectivity index (χ1n) is 7.96. The number of ether oxygens (including phenoxy) is 1. The average Bonchev–Trinajstić information content (AvgIpc) is 3.12. The Bertz CT molecular complexity index is 1250. The first kappa shape index (κ1) is 24.8. The lowest BCUT2D eigenvalue weighted by Crippen LogP contribution is -2.30. The van der Waals surface area contributed by atoms with Crippen LogP contribution in [0.3, 0.4) is 0 Å². The van der Waals surface area contributed by atoms with E-state index in [-0.39, 0.29) is 17.1 Å². The molecule has 1 aliphatic heterocycles. The van der Waals surface area contributed by atoms with E-state index in [1.165, 1.54) is 0 Å². The van der Waals surface area contributed by atoms with Crippen molar-refractivity contribution in [1.29, 1.82) is 0 Å². The fraction of sp³-hybridized carbons (Fsp3) is 0.400. The molecule has 0 spiro atoms. The molecule has 2 unspecified atom stereocenters. The van der Waals surface area contributed by atoms with E-state index < -0.39 is 59.9 Å². The molecule has 1 fully saturated rings. The zero-order valence-electron chi connectivity index (χ0n) is 15.2. The minimum absolute atomic E-state index is 0.176. The van der Waals surface area contributed by atoms with Gasteiger partial charge in [-0.3, -0.25) is 23.7 Å². The topological polar surface area (TPSA) is 296 Å². The number of ketones is 1. The van der Waals surface area contributed by atoms with Gasteiger partial charge in [0.25, 0.3) is 5.56 Å². The summed E-state index contributed by atoms with van der Waals surface area (Å²) in [6.07, 6.45) is -4.19. The van der Waals surface area contributed by atoms with E-state index in [1.807, 2.05) is 0 Å². The molecule has 22 heteroatoms. The molecule has 0 aliphatic carbocycles. The Morgan fingerprint density at radius 3 is 2.44 bits per heavy atom. The number of nitrogens with zero attached hydrogens (tertiary/aromatic N) is 3. The van der Waals surface area contributed by atoms with Gasteiger partial charge in [0.15, 0.2) is 17.4 Å². The number of Topliss-reactive ketones (excluding diaryl/α,β-unsaturated/α-hetero) is 1. The molecule has 0 saturated carbocycles. The molecule has 19 nitrogen and oxygen atoms in total. The number of aliphatic hydroxyl groups excluding tert-OH is 1. The molecule has 0 aromatic carbocycles. The number of nitrogen functional groups attached to an aromatic ring is 1. The van der Waals surface area contributed by atoms with E-state index in [1.54, 1.807) is 0 Å². The number of hydrogen-bond donors (Lipinski definition) is 7. The van der Waals surface area contributed by atoms with Crippen LogP contribution in [0.15, 0.2) is 11.1 Å². The SMILES string of the molecule is Nc1nc2c(ncn2[C@@H]2O[C@H](COP(=O)(O)OP(=O)(O)OP(=O)(O)O)[C@@H](O)C2=O)c(=O)[nH]1. The molecule has 32 heavy (non-hydrogen) atoms. The Morgan fingerprint density at radius 2 is 1.81 bits per heavy atom. The van der Waals surface area contributed by atoms with E-state index in [2.05, 4.69) is 28.1 Å². The number of H-pyrrole nitrogens is 1. The maximum absolute atomic E-state index is 12.4. The standard InChI is InChI=1S/C10H14N5O14P3/c11-10-13-7-4(8(18)14-10)12-2-15(7)9-6(17)5(16)3(27-9)1-26-31(22,23)29-32(24,25)28-30(19,20)21/h2-3,5,9,16H,1H2,(H,22,23)(H,24,25)(H2,19,20,21)(H3,11,13,14,18)/t3-,5-,9-/m1/s1. The molecule has 2 aromatic rings. The summed E-state index contributed by atoms with van der Waals surface area (Å²) in [7, 11) is -16.8. The number of carbonyl (C=O) groups excluding carboxylic acids is 1. The van der Waals surface area contributed by atoms with Gasteiger partial charge in [-0.05, 0) is 0 Å². The van der Waals surface area contributed by atoms with Crippen molar-refractivity contribution in [3.63, 3.8) is 0 Å². The van der Waals surface area contributed by atoms with Crippen LogP contribution in [-0.2, 0) is 36.4 Å². The molecule has 0 amide bonds. The monoisotopic (exact) mass is 521 g/mol. The number of anilines is 1. The summed E-state index contributed by atoms with van der Waals surface area (Å²) in [4.78, 5) is 69.5. The molecule has 8 N–H and O–H groups in total. The molecular formula is C10H14N5O14P3. The molecule has 0 bridgehead atoms. The molecular weight excluding hydrogens is 507 g/mol. The van der Waals surface area contributed by atoms with Crippen LogP contribution in [0.5, 0.6) is 0 Å². The third-order valence-electron chi connectivity index (χ3n) is 3.71. The highest BCUT2D eigenvalue weighted by Gasteiger charge is 2.46. The fourth-order valence-electron chi connectivity index (χ4n) is 2.56. The quantitative estimate of drug-likeness (QED) is 0.182. The summed E-state index contributed by atoms with van der Waals surface area (Å²) in [6, 6.07) is 0. The van der Waals surface area contributed by atoms with Gasteiger partial charge in [-0.25, -0.2) is 18.7 Å². The Balaban J connectivity index is 1.73. The van der Waals surface area contributed by atoms with Gasteiger partial charge in [-0.2, -0.15) is 13.6 Å². The van der Waals surface area contributed by atoms with E-state index in [0.717, 1.165) is 10.9 Å². The lowest BCUT2D eigenvalue weighted by molar-refractivity contribution is -0.130. The van der Waals surface area contributed by atoms with Crippen LogP contribution in [0.25, 0.3) is 11.2 Å². The summed E-state index contributed by atoms with van der Waals surface area (Å²) >= 11 is 0. The summed E-state index contributed by atoms with van der Waals surface area (Å²) < 4.78 is 51.3. The normalized spacial score (nSPS) is 25.7. The van der Waals surface area contributed by atoms with Crippen LogP contribution in [-0.4, -0.2) is 68.8 Å². The van der Waals surface area contributed by atoms with Crippen LogP contribution in [0.1, 0.15) is 6.23 Å². The number of aromatic amines is 1. The van der Waals surface area contributed by atoms with Crippen LogP contribution in [0.2, 0.25) is 0 Å².